The Morgan fingerprint density at radius 3 is 2.26 bits per heavy atom. The summed E-state index contributed by atoms with van der Waals surface area (Å²) in [6, 6.07) is 4.93. The van der Waals surface area contributed by atoms with E-state index in [9.17, 15) is 13.2 Å². The molecule has 0 atom stereocenters. The molecule has 1 amide bonds. The Bertz CT molecular complexity index is 950. The number of rotatable bonds is 3. The van der Waals surface area contributed by atoms with E-state index in [4.69, 9.17) is 4.42 Å². The van der Waals surface area contributed by atoms with E-state index < -0.39 is 10.0 Å². The van der Waals surface area contributed by atoms with E-state index in [0.29, 0.717) is 29.8 Å². The number of hydrogen-bond donors (Lipinski definition) is 0. The maximum atomic E-state index is 13.1. The summed E-state index contributed by atoms with van der Waals surface area (Å²) in [5, 5.41) is 0.702. The number of likely N-dealkylation sites (tertiary alicyclic amines) is 1. The predicted molar refractivity (Wildman–Crippen MR) is 103 cm³/mol. The maximum Gasteiger partial charge on any atom is 0.289 e. The van der Waals surface area contributed by atoms with E-state index in [-0.39, 0.29) is 10.8 Å². The number of sulfonamides is 1. The van der Waals surface area contributed by atoms with Gasteiger partial charge in [-0.1, -0.05) is 12.8 Å². The van der Waals surface area contributed by atoms with E-state index in [1.54, 1.807) is 27.4 Å². The first-order valence-corrected chi connectivity index (χ1v) is 11.2. The first kappa shape index (κ1) is 18.5. The van der Waals surface area contributed by atoms with Crippen LogP contribution in [0.1, 0.15) is 54.6 Å². The highest BCUT2D eigenvalue weighted by molar-refractivity contribution is 7.89. The first-order chi connectivity index (χ1) is 13.0. The zero-order valence-electron chi connectivity index (χ0n) is 15.7. The Labute approximate surface area is 160 Å². The van der Waals surface area contributed by atoms with E-state index in [2.05, 4.69) is 0 Å². The Balaban J connectivity index is 1.69. The molecule has 0 aliphatic carbocycles. The number of furan rings is 1. The van der Waals surface area contributed by atoms with Crippen LogP contribution in [0, 0.1) is 6.92 Å². The lowest BCUT2D eigenvalue weighted by atomic mass is 10.1. The van der Waals surface area contributed by atoms with Gasteiger partial charge in [-0.25, -0.2) is 8.42 Å². The molecule has 6 nitrogen and oxygen atoms in total. The smallest absolute Gasteiger partial charge is 0.289 e. The summed E-state index contributed by atoms with van der Waals surface area (Å²) >= 11 is 0. The lowest BCUT2D eigenvalue weighted by Crippen LogP contribution is -2.31. The second-order valence-electron chi connectivity index (χ2n) is 7.53. The summed E-state index contributed by atoms with van der Waals surface area (Å²) < 4.78 is 33.5. The van der Waals surface area contributed by atoms with Gasteiger partial charge in [-0.05, 0) is 50.8 Å². The van der Waals surface area contributed by atoms with Gasteiger partial charge in [-0.15, -0.1) is 0 Å². The van der Waals surface area contributed by atoms with Gasteiger partial charge in [0.1, 0.15) is 5.58 Å². The number of aryl methyl sites for hydroxylation is 1. The highest BCUT2D eigenvalue weighted by atomic mass is 32.2. The largest absolute Gasteiger partial charge is 0.451 e. The molecule has 2 saturated heterocycles. The third-order valence-corrected chi connectivity index (χ3v) is 7.59. The van der Waals surface area contributed by atoms with E-state index in [1.807, 2.05) is 6.92 Å². The molecule has 2 aromatic rings. The van der Waals surface area contributed by atoms with Crippen molar-refractivity contribution in [3.05, 3.63) is 29.5 Å². The van der Waals surface area contributed by atoms with Crippen LogP contribution in [0.5, 0.6) is 0 Å². The molecule has 4 rings (SSSR count). The van der Waals surface area contributed by atoms with Crippen molar-refractivity contribution >= 4 is 26.9 Å². The predicted octanol–water partition coefficient (Wildman–Crippen LogP) is 3.54. The molecule has 1 aromatic carbocycles. The normalized spacial score (nSPS) is 19.5. The zero-order chi connectivity index (χ0) is 19.0. The number of nitrogens with zero attached hydrogens (tertiary/aromatic N) is 2. The van der Waals surface area contributed by atoms with Crippen molar-refractivity contribution in [2.75, 3.05) is 26.2 Å². The van der Waals surface area contributed by atoms with Crippen molar-refractivity contribution < 1.29 is 17.6 Å². The molecule has 0 unspecified atom stereocenters. The van der Waals surface area contributed by atoms with Crippen molar-refractivity contribution in [1.29, 1.82) is 0 Å². The molecule has 0 spiro atoms. The molecule has 0 saturated carbocycles. The summed E-state index contributed by atoms with van der Waals surface area (Å²) in [4.78, 5) is 14.8. The van der Waals surface area contributed by atoms with E-state index in [0.717, 1.165) is 57.2 Å². The Hall–Kier alpha value is -1.86. The van der Waals surface area contributed by atoms with Gasteiger partial charge in [0, 0.05) is 37.1 Å². The molecule has 2 fully saturated rings. The molecule has 1 aromatic heterocycles. The molecular weight excluding hydrogens is 364 g/mol. The monoisotopic (exact) mass is 390 g/mol. The van der Waals surface area contributed by atoms with Crippen LogP contribution < -0.4 is 0 Å². The quantitative estimate of drug-likeness (QED) is 0.804. The van der Waals surface area contributed by atoms with Crippen LogP contribution >= 0.6 is 0 Å². The highest BCUT2D eigenvalue weighted by Gasteiger charge is 2.28. The standard InChI is InChI=1S/C20H26N2O4S/c1-15-17-14-16(27(24,25)22-12-4-2-3-5-13-22)8-9-18(17)26-19(15)20(23)21-10-6-7-11-21/h8-9,14H,2-7,10-13H2,1H3. The lowest BCUT2D eigenvalue weighted by molar-refractivity contribution is 0.0762. The average molecular weight is 391 g/mol. The summed E-state index contributed by atoms with van der Waals surface area (Å²) in [6.45, 7) is 4.48. The van der Waals surface area contributed by atoms with E-state index >= 15 is 0 Å². The van der Waals surface area contributed by atoms with Gasteiger partial charge in [0.25, 0.3) is 5.91 Å². The molecule has 0 radical (unpaired) electrons. The van der Waals surface area contributed by atoms with Crippen molar-refractivity contribution in [1.82, 2.24) is 9.21 Å². The van der Waals surface area contributed by atoms with Crippen molar-refractivity contribution in [3.8, 4) is 0 Å². The number of benzene rings is 1. The minimum atomic E-state index is -3.52. The van der Waals surface area contributed by atoms with Gasteiger partial charge < -0.3 is 9.32 Å². The number of carbonyl (C=O) groups is 1. The van der Waals surface area contributed by atoms with E-state index in [1.165, 1.54) is 0 Å². The maximum absolute atomic E-state index is 13.1. The number of amides is 1. The first-order valence-electron chi connectivity index (χ1n) is 9.81. The molecular formula is C20H26N2O4S. The van der Waals surface area contributed by atoms with Crippen molar-refractivity contribution in [3.63, 3.8) is 0 Å². The molecule has 146 valence electrons. The van der Waals surface area contributed by atoms with Crippen LogP contribution in [0.2, 0.25) is 0 Å². The average Bonchev–Trinajstić information content (AvgIpc) is 3.21. The summed E-state index contributed by atoms with van der Waals surface area (Å²) in [5.41, 5.74) is 1.28. The van der Waals surface area contributed by atoms with Crippen molar-refractivity contribution in [2.45, 2.75) is 50.3 Å². The second kappa shape index (κ2) is 7.28. The minimum absolute atomic E-state index is 0.0990. The number of fused-ring (bicyclic) bond motifs is 1. The van der Waals surface area contributed by atoms with Gasteiger partial charge in [0.15, 0.2) is 5.76 Å². The minimum Gasteiger partial charge on any atom is -0.451 e. The Kier molecular flexibility index (Phi) is 4.99. The van der Waals surface area contributed by atoms with Gasteiger partial charge in [0.05, 0.1) is 4.90 Å². The van der Waals surface area contributed by atoms with Crippen LogP contribution in [0.15, 0.2) is 27.5 Å². The fourth-order valence-corrected chi connectivity index (χ4v) is 5.60. The summed E-state index contributed by atoms with van der Waals surface area (Å²) in [5.74, 6) is 0.231. The fraction of sp³-hybridized carbons (Fsp3) is 0.550. The van der Waals surface area contributed by atoms with Gasteiger partial charge in [-0.2, -0.15) is 4.31 Å². The SMILES string of the molecule is Cc1c(C(=O)N2CCCC2)oc2ccc(S(=O)(=O)N3CCCCCC3)cc12. The number of hydrogen-bond acceptors (Lipinski definition) is 4. The molecule has 0 bridgehead atoms. The number of carbonyl (C=O) groups excluding carboxylic acids is 1. The van der Waals surface area contributed by atoms with Crippen LogP contribution in [0.3, 0.4) is 0 Å². The molecule has 3 heterocycles. The third-order valence-electron chi connectivity index (χ3n) is 5.70. The van der Waals surface area contributed by atoms with Crippen molar-refractivity contribution in [2.24, 2.45) is 0 Å². The highest BCUT2D eigenvalue weighted by Crippen LogP contribution is 2.30. The Morgan fingerprint density at radius 2 is 1.59 bits per heavy atom. The Morgan fingerprint density at radius 1 is 0.963 bits per heavy atom. The fourth-order valence-electron chi connectivity index (χ4n) is 4.06. The lowest BCUT2D eigenvalue weighted by Gasteiger charge is -2.19. The topological polar surface area (TPSA) is 70.8 Å². The van der Waals surface area contributed by atoms with Gasteiger partial charge in [-0.3, -0.25) is 4.79 Å². The summed E-state index contributed by atoms with van der Waals surface area (Å²) in [6.07, 6.45) is 6.00. The van der Waals surface area contributed by atoms with Gasteiger partial charge in [0.2, 0.25) is 10.0 Å². The van der Waals surface area contributed by atoms with Crippen LogP contribution in [-0.2, 0) is 10.0 Å². The second-order valence-corrected chi connectivity index (χ2v) is 9.47. The van der Waals surface area contributed by atoms with Gasteiger partial charge >= 0.3 is 0 Å². The van der Waals surface area contributed by atoms with Crippen LogP contribution in [0.25, 0.3) is 11.0 Å². The zero-order valence-corrected chi connectivity index (χ0v) is 16.6. The molecule has 27 heavy (non-hydrogen) atoms. The van der Waals surface area contributed by atoms with Crippen LogP contribution in [-0.4, -0.2) is 49.7 Å². The molecule has 2 aliphatic heterocycles. The van der Waals surface area contributed by atoms with Crippen LogP contribution in [0.4, 0.5) is 0 Å². The third kappa shape index (κ3) is 3.38. The molecule has 7 heteroatoms. The molecule has 0 N–H and O–H groups in total. The summed E-state index contributed by atoms with van der Waals surface area (Å²) in [7, 11) is -3.52. The molecule has 2 aliphatic rings.